The molecule has 2 aromatic heterocycles. The van der Waals surface area contributed by atoms with Gasteiger partial charge in [0.15, 0.2) is 5.82 Å². The maximum Gasteiger partial charge on any atom is 0.223 e. The van der Waals surface area contributed by atoms with Crippen LogP contribution in [0.5, 0.6) is 11.6 Å². The molecule has 0 saturated carbocycles. The summed E-state index contributed by atoms with van der Waals surface area (Å²) in [7, 11) is 1.66. The van der Waals surface area contributed by atoms with Gasteiger partial charge in [-0.05, 0) is 39.0 Å². The molecule has 0 aliphatic rings. The van der Waals surface area contributed by atoms with Gasteiger partial charge in [0.05, 0.1) is 13.2 Å². The minimum Gasteiger partial charge on any atom is -0.496 e. The molecule has 23 heavy (non-hydrogen) atoms. The molecule has 6 nitrogen and oxygen atoms in total. The molecule has 0 radical (unpaired) electrons. The standard InChI is InChI=1S/C17H20N4O2/c1-10(2)23-17-12-6-5-7-14(22-4)13(12)9-15(19-17)18-16-8-11(3)20-21-16/h5-10H,1-4H3,(H2,18,19,20,21). The minimum absolute atomic E-state index is 0.0276. The van der Waals surface area contributed by atoms with Gasteiger partial charge in [-0.2, -0.15) is 10.1 Å². The summed E-state index contributed by atoms with van der Waals surface area (Å²) in [6.45, 7) is 5.90. The Morgan fingerprint density at radius 3 is 2.61 bits per heavy atom. The number of H-pyrrole nitrogens is 1. The number of aromatic amines is 1. The summed E-state index contributed by atoms with van der Waals surface area (Å²) in [6.07, 6.45) is 0.0276. The molecule has 6 heteroatoms. The predicted octanol–water partition coefficient (Wildman–Crippen LogP) is 3.81. The Bertz CT molecular complexity index is 827. The zero-order chi connectivity index (χ0) is 16.4. The van der Waals surface area contributed by atoms with Gasteiger partial charge in [0.2, 0.25) is 5.88 Å². The molecule has 0 spiro atoms. The van der Waals surface area contributed by atoms with Crippen LogP contribution in [-0.2, 0) is 0 Å². The van der Waals surface area contributed by atoms with Crippen molar-refractivity contribution in [3.8, 4) is 11.6 Å². The van der Waals surface area contributed by atoms with Crippen LogP contribution in [0.15, 0.2) is 30.3 Å². The minimum atomic E-state index is 0.0276. The second-order valence-corrected chi connectivity index (χ2v) is 5.60. The van der Waals surface area contributed by atoms with Crippen LogP contribution < -0.4 is 14.8 Å². The van der Waals surface area contributed by atoms with Crippen LogP contribution in [0, 0.1) is 6.92 Å². The van der Waals surface area contributed by atoms with Crippen molar-refractivity contribution < 1.29 is 9.47 Å². The Morgan fingerprint density at radius 1 is 1.13 bits per heavy atom. The molecule has 0 aliphatic heterocycles. The monoisotopic (exact) mass is 312 g/mol. The van der Waals surface area contributed by atoms with Crippen LogP contribution in [0.3, 0.4) is 0 Å². The maximum atomic E-state index is 5.88. The van der Waals surface area contributed by atoms with Crippen molar-refractivity contribution in [3.63, 3.8) is 0 Å². The van der Waals surface area contributed by atoms with E-state index in [1.54, 1.807) is 7.11 Å². The molecule has 1 aromatic carbocycles. The molecule has 2 N–H and O–H groups in total. The van der Waals surface area contributed by atoms with E-state index in [2.05, 4.69) is 20.5 Å². The van der Waals surface area contributed by atoms with Crippen LogP contribution in [0.2, 0.25) is 0 Å². The lowest BCUT2D eigenvalue weighted by Crippen LogP contribution is -2.08. The fraction of sp³-hybridized carbons (Fsp3) is 0.294. The molecule has 3 rings (SSSR count). The highest BCUT2D eigenvalue weighted by atomic mass is 16.5. The van der Waals surface area contributed by atoms with Gasteiger partial charge in [-0.1, -0.05) is 6.07 Å². The number of anilines is 2. The van der Waals surface area contributed by atoms with Crippen LogP contribution in [-0.4, -0.2) is 28.4 Å². The summed E-state index contributed by atoms with van der Waals surface area (Å²) in [5, 5.41) is 12.1. The number of hydrogen-bond acceptors (Lipinski definition) is 5. The van der Waals surface area contributed by atoms with Gasteiger partial charge >= 0.3 is 0 Å². The topological polar surface area (TPSA) is 72.1 Å². The summed E-state index contributed by atoms with van der Waals surface area (Å²) in [5.74, 6) is 2.72. The van der Waals surface area contributed by atoms with E-state index < -0.39 is 0 Å². The molecule has 0 unspecified atom stereocenters. The largest absolute Gasteiger partial charge is 0.496 e. The van der Waals surface area contributed by atoms with E-state index in [0.29, 0.717) is 17.5 Å². The van der Waals surface area contributed by atoms with Crippen LogP contribution in [0.25, 0.3) is 10.8 Å². The Labute approximate surface area is 134 Å². The molecule has 0 fully saturated rings. The van der Waals surface area contributed by atoms with Crippen LogP contribution in [0.4, 0.5) is 11.6 Å². The predicted molar refractivity (Wildman–Crippen MR) is 90.7 cm³/mol. The number of ether oxygens (including phenoxy) is 2. The SMILES string of the molecule is COc1cccc2c(OC(C)C)nc(Nc3cc(C)[nH]n3)cc12. The average Bonchev–Trinajstić information content (AvgIpc) is 2.91. The summed E-state index contributed by atoms with van der Waals surface area (Å²) >= 11 is 0. The van der Waals surface area contributed by atoms with Crippen molar-refractivity contribution in [3.05, 3.63) is 36.0 Å². The van der Waals surface area contributed by atoms with Gasteiger partial charge in [0, 0.05) is 22.5 Å². The van der Waals surface area contributed by atoms with E-state index >= 15 is 0 Å². The van der Waals surface area contributed by atoms with Gasteiger partial charge in [-0.25, -0.2) is 0 Å². The number of benzene rings is 1. The van der Waals surface area contributed by atoms with E-state index in [9.17, 15) is 0 Å². The number of nitrogens with zero attached hydrogens (tertiary/aromatic N) is 2. The molecule has 0 saturated heterocycles. The third-order valence-corrected chi connectivity index (χ3v) is 3.33. The Morgan fingerprint density at radius 2 is 1.96 bits per heavy atom. The third-order valence-electron chi connectivity index (χ3n) is 3.33. The highest BCUT2D eigenvalue weighted by molar-refractivity contribution is 5.94. The molecule has 0 atom stereocenters. The number of rotatable bonds is 5. The Kier molecular flexibility index (Phi) is 4.06. The van der Waals surface area contributed by atoms with E-state index in [-0.39, 0.29) is 6.10 Å². The molecule has 2 heterocycles. The van der Waals surface area contributed by atoms with Crippen molar-refractivity contribution in [1.82, 2.24) is 15.2 Å². The van der Waals surface area contributed by atoms with Gasteiger partial charge in [-0.3, -0.25) is 5.10 Å². The zero-order valence-corrected chi connectivity index (χ0v) is 13.7. The zero-order valence-electron chi connectivity index (χ0n) is 13.7. The lowest BCUT2D eigenvalue weighted by Gasteiger charge is -2.15. The van der Waals surface area contributed by atoms with E-state index in [1.807, 2.05) is 51.1 Å². The highest BCUT2D eigenvalue weighted by Crippen LogP contribution is 2.34. The maximum absolute atomic E-state index is 5.88. The van der Waals surface area contributed by atoms with Crippen molar-refractivity contribution in [2.75, 3.05) is 12.4 Å². The van der Waals surface area contributed by atoms with Gasteiger partial charge in [0.1, 0.15) is 11.6 Å². The Balaban J connectivity index is 2.10. The molecule has 0 aliphatic carbocycles. The quantitative estimate of drug-likeness (QED) is 0.749. The van der Waals surface area contributed by atoms with Gasteiger partial charge < -0.3 is 14.8 Å². The molecule has 120 valence electrons. The number of hydrogen-bond donors (Lipinski definition) is 2. The number of methoxy groups -OCH3 is 1. The number of pyridine rings is 1. The second kappa shape index (κ2) is 6.16. The lowest BCUT2D eigenvalue weighted by atomic mass is 10.1. The third kappa shape index (κ3) is 3.21. The number of aromatic nitrogens is 3. The normalized spacial score (nSPS) is 11.0. The van der Waals surface area contributed by atoms with Gasteiger partial charge in [0.25, 0.3) is 0 Å². The van der Waals surface area contributed by atoms with Gasteiger partial charge in [-0.15, -0.1) is 0 Å². The fourth-order valence-electron chi connectivity index (χ4n) is 2.39. The second-order valence-electron chi connectivity index (χ2n) is 5.60. The highest BCUT2D eigenvalue weighted by Gasteiger charge is 2.13. The summed E-state index contributed by atoms with van der Waals surface area (Å²) < 4.78 is 11.3. The average molecular weight is 312 g/mol. The molecular weight excluding hydrogens is 292 g/mol. The van der Waals surface area contributed by atoms with E-state index in [0.717, 1.165) is 22.2 Å². The molecule has 0 amide bonds. The van der Waals surface area contributed by atoms with E-state index in [4.69, 9.17) is 9.47 Å². The Hall–Kier alpha value is -2.76. The lowest BCUT2D eigenvalue weighted by molar-refractivity contribution is 0.236. The number of fused-ring (bicyclic) bond motifs is 1. The number of aryl methyl sites for hydroxylation is 1. The molecular formula is C17H20N4O2. The first-order valence-electron chi connectivity index (χ1n) is 7.50. The molecule has 3 aromatic rings. The summed E-state index contributed by atoms with van der Waals surface area (Å²) in [5.41, 5.74) is 0.976. The van der Waals surface area contributed by atoms with Crippen molar-refractivity contribution in [1.29, 1.82) is 0 Å². The van der Waals surface area contributed by atoms with Crippen molar-refractivity contribution >= 4 is 22.4 Å². The summed E-state index contributed by atoms with van der Waals surface area (Å²) in [6, 6.07) is 9.68. The van der Waals surface area contributed by atoms with Crippen molar-refractivity contribution in [2.45, 2.75) is 26.9 Å². The molecule has 0 bridgehead atoms. The first-order valence-corrected chi connectivity index (χ1v) is 7.50. The number of nitrogens with one attached hydrogen (secondary N) is 2. The first-order chi connectivity index (χ1) is 11.1. The first kappa shape index (κ1) is 15.1. The summed E-state index contributed by atoms with van der Waals surface area (Å²) in [4.78, 5) is 4.58. The van der Waals surface area contributed by atoms with Crippen molar-refractivity contribution in [2.24, 2.45) is 0 Å². The van der Waals surface area contributed by atoms with E-state index in [1.165, 1.54) is 0 Å². The smallest absolute Gasteiger partial charge is 0.223 e. The van der Waals surface area contributed by atoms with Crippen LogP contribution in [0.1, 0.15) is 19.5 Å². The van der Waals surface area contributed by atoms with Crippen LogP contribution >= 0.6 is 0 Å². The fourth-order valence-corrected chi connectivity index (χ4v) is 2.39.